The van der Waals surface area contributed by atoms with E-state index in [1.54, 1.807) is 0 Å². The van der Waals surface area contributed by atoms with Crippen molar-refractivity contribution in [1.82, 2.24) is 4.57 Å². The van der Waals surface area contributed by atoms with Gasteiger partial charge in [-0.05, 0) is 30.7 Å². The molecule has 0 bridgehead atoms. The molecule has 0 radical (unpaired) electrons. The summed E-state index contributed by atoms with van der Waals surface area (Å²) in [5.74, 6) is 0. The lowest BCUT2D eigenvalue weighted by molar-refractivity contribution is 0.155. The van der Waals surface area contributed by atoms with Crippen LogP contribution in [0.2, 0.25) is 0 Å². The molecule has 0 saturated carbocycles. The van der Waals surface area contributed by atoms with Crippen molar-refractivity contribution in [2.24, 2.45) is 5.16 Å². The fraction of sp³-hybridized carbons (Fsp3) is 0.222. The Labute approximate surface area is 149 Å². The van der Waals surface area contributed by atoms with Crippen molar-refractivity contribution in [3.05, 3.63) is 58.9 Å². The molecule has 25 heavy (non-hydrogen) atoms. The number of rotatable bonds is 5. The van der Waals surface area contributed by atoms with Crippen molar-refractivity contribution >= 4 is 33.3 Å². The minimum atomic E-state index is -0.482. The molecule has 0 aliphatic carbocycles. The number of amides is 1. The van der Waals surface area contributed by atoms with Crippen LogP contribution in [-0.2, 0) is 22.7 Å². The summed E-state index contributed by atoms with van der Waals surface area (Å²) in [4.78, 5) is 17.7. The Morgan fingerprint density at radius 2 is 2.04 bits per heavy atom. The molecule has 1 aromatic heterocycles. The number of carbonyl (C=O) groups is 1. The van der Waals surface area contributed by atoms with Gasteiger partial charge in [-0.2, -0.15) is 0 Å². The Balaban J connectivity index is 1.73. The van der Waals surface area contributed by atoms with Crippen molar-refractivity contribution in [3.63, 3.8) is 0 Å². The average Bonchev–Trinajstić information content (AvgIpc) is 2.97. The summed E-state index contributed by atoms with van der Waals surface area (Å²) in [5.41, 5.74) is 2.67. The first-order valence-electron chi connectivity index (χ1n) is 7.89. The molecule has 0 saturated heterocycles. The zero-order valence-electron chi connectivity index (χ0n) is 14.1. The molecule has 0 unspecified atom stereocenters. The summed E-state index contributed by atoms with van der Waals surface area (Å²) in [5, 5.41) is 6.80. The first kappa shape index (κ1) is 17.0. The van der Waals surface area contributed by atoms with Gasteiger partial charge in [0.2, 0.25) is 4.80 Å². The fourth-order valence-electron chi connectivity index (χ4n) is 2.48. The van der Waals surface area contributed by atoms with Crippen LogP contribution in [0, 0.1) is 0 Å². The molecular formula is C18H19N3O3S. The Morgan fingerprint density at radius 3 is 2.76 bits per heavy atom. The minimum Gasteiger partial charge on any atom is -0.444 e. The molecule has 130 valence electrons. The summed E-state index contributed by atoms with van der Waals surface area (Å²) in [7, 11) is 1.53. The lowest BCUT2D eigenvalue weighted by atomic mass is 10.2. The molecule has 6 nitrogen and oxygen atoms in total. The molecule has 3 aromatic rings. The molecule has 1 N–H and O–H groups in total. The third-order valence-electron chi connectivity index (χ3n) is 3.63. The number of carbonyl (C=O) groups excluding carboxylic acids is 1. The molecule has 3 rings (SSSR count). The van der Waals surface area contributed by atoms with Crippen LogP contribution in [0.25, 0.3) is 10.2 Å². The van der Waals surface area contributed by atoms with Gasteiger partial charge in [0.05, 0.1) is 10.2 Å². The van der Waals surface area contributed by atoms with E-state index in [1.807, 2.05) is 55.5 Å². The van der Waals surface area contributed by atoms with Gasteiger partial charge < -0.3 is 14.1 Å². The van der Waals surface area contributed by atoms with Crippen LogP contribution in [0.15, 0.2) is 53.7 Å². The lowest BCUT2D eigenvalue weighted by Gasteiger charge is -2.07. The van der Waals surface area contributed by atoms with Gasteiger partial charge in [-0.15, -0.1) is 0 Å². The maximum atomic E-state index is 12.0. The van der Waals surface area contributed by atoms with Gasteiger partial charge in [0, 0.05) is 12.2 Å². The van der Waals surface area contributed by atoms with Crippen LogP contribution >= 0.6 is 11.3 Å². The van der Waals surface area contributed by atoms with Gasteiger partial charge in [0.15, 0.2) is 0 Å². The number of hydrogen-bond acceptors (Lipinski definition) is 5. The fourth-order valence-corrected chi connectivity index (χ4v) is 3.60. The van der Waals surface area contributed by atoms with Gasteiger partial charge in [0.1, 0.15) is 13.7 Å². The summed E-state index contributed by atoms with van der Waals surface area (Å²) < 4.78 is 8.31. The van der Waals surface area contributed by atoms with Crippen LogP contribution in [0.1, 0.15) is 12.5 Å². The highest BCUT2D eigenvalue weighted by molar-refractivity contribution is 7.16. The number of hydrogen-bond donors (Lipinski definition) is 1. The molecule has 1 amide bonds. The van der Waals surface area contributed by atoms with E-state index in [0.717, 1.165) is 27.1 Å². The van der Waals surface area contributed by atoms with Crippen molar-refractivity contribution in [2.75, 3.05) is 12.4 Å². The normalized spacial score (nSPS) is 11.5. The second kappa shape index (κ2) is 7.85. The minimum absolute atomic E-state index is 0.237. The van der Waals surface area contributed by atoms with Gasteiger partial charge in [-0.1, -0.05) is 46.8 Å². The van der Waals surface area contributed by atoms with Crippen molar-refractivity contribution in [2.45, 2.75) is 20.1 Å². The topological polar surface area (TPSA) is 64.8 Å². The van der Waals surface area contributed by atoms with Gasteiger partial charge >= 0.3 is 6.09 Å². The Hall–Kier alpha value is -2.80. The van der Waals surface area contributed by atoms with E-state index in [1.165, 1.54) is 18.4 Å². The predicted molar refractivity (Wildman–Crippen MR) is 98.3 cm³/mol. The SMILES string of the molecule is CCn1c(=NOC)sc2cc(NC(=O)OCc3ccccc3)ccc21. The number of nitrogens with zero attached hydrogens (tertiary/aromatic N) is 2. The Morgan fingerprint density at radius 1 is 1.24 bits per heavy atom. The Kier molecular flexibility index (Phi) is 5.35. The largest absolute Gasteiger partial charge is 0.444 e. The average molecular weight is 357 g/mol. The molecule has 0 fully saturated rings. The van der Waals surface area contributed by atoms with Gasteiger partial charge in [0.25, 0.3) is 0 Å². The number of fused-ring (bicyclic) bond motifs is 1. The van der Waals surface area contributed by atoms with Crippen molar-refractivity contribution in [3.8, 4) is 0 Å². The zero-order chi connectivity index (χ0) is 17.6. The van der Waals surface area contributed by atoms with E-state index < -0.39 is 6.09 Å². The van der Waals surface area contributed by atoms with Crippen LogP contribution < -0.4 is 10.1 Å². The summed E-state index contributed by atoms with van der Waals surface area (Å²) in [6.07, 6.45) is -0.482. The molecule has 1 heterocycles. The van der Waals surface area contributed by atoms with Crippen LogP contribution in [0.5, 0.6) is 0 Å². The summed E-state index contributed by atoms with van der Waals surface area (Å²) in [6.45, 7) is 3.07. The van der Waals surface area contributed by atoms with E-state index in [2.05, 4.69) is 15.0 Å². The number of benzene rings is 2. The van der Waals surface area contributed by atoms with Crippen LogP contribution in [0.4, 0.5) is 10.5 Å². The molecule has 0 aliphatic heterocycles. The van der Waals surface area contributed by atoms with E-state index in [4.69, 9.17) is 9.57 Å². The highest BCUT2D eigenvalue weighted by Crippen LogP contribution is 2.22. The van der Waals surface area contributed by atoms with E-state index in [-0.39, 0.29) is 6.61 Å². The molecule has 0 spiro atoms. The van der Waals surface area contributed by atoms with E-state index in [0.29, 0.717) is 5.69 Å². The number of nitrogens with one attached hydrogen (secondary N) is 1. The molecule has 0 atom stereocenters. The third-order valence-corrected chi connectivity index (χ3v) is 4.65. The first-order valence-corrected chi connectivity index (χ1v) is 8.71. The summed E-state index contributed by atoms with van der Waals surface area (Å²) in [6, 6.07) is 15.3. The van der Waals surface area contributed by atoms with E-state index >= 15 is 0 Å². The second-order valence-electron chi connectivity index (χ2n) is 5.27. The number of aryl methyl sites for hydroxylation is 1. The maximum absolute atomic E-state index is 12.0. The molecule has 2 aromatic carbocycles. The van der Waals surface area contributed by atoms with Crippen LogP contribution in [0.3, 0.4) is 0 Å². The zero-order valence-corrected chi connectivity index (χ0v) is 14.9. The predicted octanol–water partition coefficient (Wildman–Crippen LogP) is 3.93. The van der Waals surface area contributed by atoms with Gasteiger partial charge in [-0.25, -0.2) is 4.79 Å². The molecule has 0 aliphatic rings. The van der Waals surface area contributed by atoms with E-state index in [9.17, 15) is 4.79 Å². The third kappa shape index (κ3) is 4.00. The summed E-state index contributed by atoms with van der Waals surface area (Å²) >= 11 is 1.50. The maximum Gasteiger partial charge on any atom is 0.411 e. The second-order valence-corrected chi connectivity index (χ2v) is 6.28. The standard InChI is InChI=1S/C18H19N3O3S/c1-3-21-15-10-9-14(11-16(15)25-17(21)20-23-2)19-18(22)24-12-13-7-5-4-6-8-13/h4-11H,3,12H2,1-2H3,(H,19,22). The number of anilines is 1. The van der Waals surface area contributed by atoms with Gasteiger partial charge in [-0.3, -0.25) is 5.32 Å². The highest BCUT2D eigenvalue weighted by atomic mass is 32.1. The number of thiazole rings is 1. The highest BCUT2D eigenvalue weighted by Gasteiger charge is 2.09. The molecule has 7 heteroatoms. The monoisotopic (exact) mass is 357 g/mol. The van der Waals surface area contributed by atoms with Crippen LogP contribution in [-0.4, -0.2) is 17.8 Å². The first-order chi connectivity index (χ1) is 12.2. The quantitative estimate of drug-likeness (QED) is 0.704. The number of aromatic nitrogens is 1. The smallest absolute Gasteiger partial charge is 0.411 e. The molecular weight excluding hydrogens is 338 g/mol. The Bertz CT molecular complexity index is 932. The van der Waals surface area contributed by atoms with Crippen molar-refractivity contribution in [1.29, 1.82) is 0 Å². The van der Waals surface area contributed by atoms with Crippen molar-refractivity contribution < 1.29 is 14.4 Å². The lowest BCUT2D eigenvalue weighted by Crippen LogP contribution is -2.14. The number of ether oxygens (including phenoxy) is 1.